The van der Waals surface area contributed by atoms with Crippen molar-refractivity contribution in [2.75, 3.05) is 5.32 Å². The number of ketones is 1. The number of imidazole rings is 1. The molecule has 0 bridgehead atoms. The van der Waals surface area contributed by atoms with Crippen molar-refractivity contribution in [2.45, 2.75) is 31.5 Å². The number of amides is 1. The molecular weight excluding hydrogens is 416 g/mol. The summed E-state index contributed by atoms with van der Waals surface area (Å²) in [6.45, 7) is 0.515. The molecule has 2 aromatic heterocycles. The Bertz CT molecular complexity index is 1400. The molecule has 3 heterocycles. The fourth-order valence-electron chi connectivity index (χ4n) is 4.99. The molecular formula is C26H22N4O3. The van der Waals surface area contributed by atoms with Crippen LogP contribution in [0.25, 0.3) is 16.6 Å². The van der Waals surface area contributed by atoms with Gasteiger partial charge in [0.25, 0.3) is 0 Å². The van der Waals surface area contributed by atoms with E-state index in [4.69, 9.17) is 4.74 Å². The Morgan fingerprint density at radius 2 is 1.97 bits per heavy atom. The van der Waals surface area contributed by atoms with Crippen molar-refractivity contribution < 1.29 is 14.3 Å². The monoisotopic (exact) mass is 438 g/mol. The number of carbonyl (C=O) groups is 2. The molecule has 1 amide bonds. The second kappa shape index (κ2) is 7.64. The highest BCUT2D eigenvalue weighted by atomic mass is 16.5. The lowest BCUT2D eigenvalue weighted by Crippen LogP contribution is -2.41. The third-order valence-electron chi connectivity index (χ3n) is 6.72. The molecule has 1 aliphatic heterocycles. The average Bonchev–Trinajstić information content (AvgIpc) is 3.44. The van der Waals surface area contributed by atoms with Crippen LogP contribution in [0.4, 0.5) is 5.82 Å². The summed E-state index contributed by atoms with van der Waals surface area (Å²) in [5, 5.41) is 3.83. The van der Waals surface area contributed by atoms with Crippen molar-refractivity contribution in [1.82, 2.24) is 14.5 Å². The van der Waals surface area contributed by atoms with E-state index in [1.165, 1.54) is 0 Å². The minimum absolute atomic E-state index is 0.0892. The first-order chi connectivity index (χ1) is 16.1. The normalized spacial score (nSPS) is 21.9. The second-order valence-electron chi connectivity index (χ2n) is 8.72. The van der Waals surface area contributed by atoms with E-state index in [1.807, 2.05) is 54.6 Å². The number of nitrogens with zero attached hydrogens (tertiary/aromatic N) is 3. The molecule has 7 nitrogen and oxygen atoms in total. The average molecular weight is 438 g/mol. The number of pyridine rings is 1. The first-order valence-corrected chi connectivity index (χ1v) is 11.1. The van der Waals surface area contributed by atoms with Gasteiger partial charge in [-0.3, -0.25) is 14.6 Å². The highest BCUT2D eigenvalue weighted by Crippen LogP contribution is 2.47. The second-order valence-corrected chi connectivity index (χ2v) is 8.72. The first kappa shape index (κ1) is 19.8. The number of rotatable bonds is 3. The fraction of sp³-hybridized carbons (Fsp3) is 0.231. The van der Waals surface area contributed by atoms with Gasteiger partial charge in [0.15, 0.2) is 5.82 Å². The van der Waals surface area contributed by atoms with E-state index in [-0.39, 0.29) is 18.1 Å². The van der Waals surface area contributed by atoms with Crippen LogP contribution < -0.4 is 5.32 Å². The van der Waals surface area contributed by atoms with E-state index >= 15 is 0 Å². The smallest absolute Gasteiger partial charge is 0.236 e. The van der Waals surface area contributed by atoms with Crippen LogP contribution in [0.3, 0.4) is 0 Å². The number of ether oxygens (including phenoxy) is 1. The quantitative estimate of drug-likeness (QED) is 0.486. The Labute approximate surface area is 190 Å². The van der Waals surface area contributed by atoms with Crippen LogP contribution >= 0.6 is 0 Å². The van der Waals surface area contributed by atoms with Crippen LogP contribution in [0.2, 0.25) is 0 Å². The zero-order valence-corrected chi connectivity index (χ0v) is 17.9. The number of anilines is 1. The maximum Gasteiger partial charge on any atom is 0.236 e. The van der Waals surface area contributed by atoms with Crippen molar-refractivity contribution in [3.63, 3.8) is 0 Å². The topological polar surface area (TPSA) is 86.1 Å². The van der Waals surface area contributed by atoms with Gasteiger partial charge in [0.2, 0.25) is 5.91 Å². The summed E-state index contributed by atoms with van der Waals surface area (Å²) in [7, 11) is 0. The number of carbonyl (C=O) groups excluding carboxylic acids is 2. The van der Waals surface area contributed by atoms with Gasteiger partial charge < -0.3 is 14.6 Å². The lowest BCUT2D eigenvalue weighted by Gasteiger charge is -2.35. The number of nitrogens with one attached hydrogen (secondary N) is 1. The molecule has 2 unspecified atom stereocenters. The highest BCUT2D eigenvalue weighted by Gasteiger charge is 2.48. The summed E-state index contributed by atoms with van der Waals surface area (Å²) in [6, 6.07) is 17.9. The van der Waals surface area contributed by atoms with Gasteiger partial charge in [0.05, 0.1) is 36.1 Å². The fourth-order valence-corrected chi connectivity index (χ4v) is 4.99. The summed E-state index contributed by atoms with van der Waals surface area (Å²) in [6.07, 6.45) is 6.44. The third-order valence-corrected chi connectivity index (χ3v) is 6.72. The molecule has 4 aromatic rings. The zero-order chi connectivity index (χ0) is 22.4. The van der Waals surface area contributed by atoms with Crippen LogP contribution in [-0.2, 0) is 26.5 Å². The van der Waals surface area contributed by atoms with Gasteiger partial charge in [-0.25, -0.2) is 4.98 Å². The molecule has 2 atom stereocenters. The summed E-state index contributed by atoms with van der Waals surface area (Å²) in [5.74, 6) is -0.695. The van der Waals surface area contributed by atoms with Crippen LogP contribution in [0.1, 0.15) is 30.4 Å². The summed E-state index contributed by atoms with van der Waals surface area (Å²) in [4.78, 5) is 34.7. The van der Waals surface area contributed by atoms with Gasteiger partial charge in [0.1, 0.15) is 17.7 Å². The van der Waals surface area contributed by atoms with Crippen LogP contribution in [0.5, 0.6) is 0 Å². The SMILES string of the molecule is O=C1CC2(CCC1C(=O)Nc1cn(-c3cnc4ccccc4c3)cn1)OCc1ccccc12. The number of aromatic nitrogens is 3. The molecule has 1 saturated carbocycles. The molecule has 1 fully saturated rings. The van der Waals surface area contributed by atoms with E-state index in [9.17, 15) is 9.59 Å². The molecule has 1 N–H and O–H groups in total. The van der Waals surface area contributed by atoms with Crippen molar-refractivity contribution in [1.29, 1.82) is 0 Å². The summed E-state index contributed by atoms with van der Waals surface area (Å²) >= 11 is 0. The van der Waals surface area contributed by atoms with Gasteiger partial charge in [-0.1, -0.05) is 42.5 Å². The van der Waals surface area contributed by atoms with Gasteiger partial charge in [-0.2, -0.15) is 0 Å². The van der Waals surface area contributed by atoms with Gasteiger partial charge in [0, 0.05) is 11.8 Å². The Kier molecular flexibility index (Phi) is 4.58. The third kappa shape index (κ3) is 3.41. The Morgan fingerprint density at radius 1 is 1.12 bits per heavy atom. The molecule has 0 radical (unpaired) electrons. The van der Waals surface area contributed by atoms with Gasteiger partial charge >= 0.3 is 0 Å². The number of hydrogen-bond donors (Lipinski definition) is 1. The molecule has 2 aromatic carbocycles. The predicted octanol–water partition coefficient (Wildman–Crippen LogP) is 4.15. The van der Waals surface area contributed by atoms with E-state index in [0.29, 0.717) is 25.3 Å². The molecule has 0 saturated heterocycles. The number of hydrogen-bond acceptors (Lipinski definition) is 5. The standard InChI is InChI=1S/C26H22N4O3/c31-23-12-26(21-7-3-1-6-18(21)15-33-26)10-9-20(23)25(32)29-24-14-30(16-28-24)19-11-17-5-2-4-8-22(17)27-13-19/h1-8,11,13-14,16,20H,9-10,12,15H2,(H,29,32). The van der Waals surface area contributed by atoms with Gasteiger partial charge in [-0.15, -0.1) is 0 Å². The minimum atomic E-state index is -0.695. The van der Waals surface area contributed by atoms with Crippen molar-refractivity contribution in [3.05, 3.63) is 84.4 Å². The van der Waals surface area contributed by atoms with E-state index in [1.54, 1.807) is 23.3 Å². The first-order valence-electron chi connectivity index (χ1n) is 11.1. The Morgan fingerprint density at radius 3 is 2.88 bits per heavy atom. The number of fused-ring (bicyclic) bond motifs is 3. The molecule has 164 valence electrons. The van der Waals surface area contributed by atoms with Crippen LogP contribution in [-0.4, -0.2) is 26.2 Å². The molecule has 7 heteroatoms. The molecule has 33 heavy (non-hydrogen) atoms. The molecule has 1 spiro atoms. The lowest BCUT2D eigenvalue weighted by atomic mass is 9.74. The van der Waals surface area contributed by atoms with Crippen molar-refractivity contribution >= 4 is 28.4 Å². The van der Waals surface area contributed by atoms with Gasteiger partial charge in [-0.05, 0) is 36.1 Å². The van der Waals surface area contributed by atoms with E-state index < -0.39 is 11.5 Å². The van der Waals surface area contributed by atoms with Crippen molar-refractivity contribution in [3.8, 4) is 5.69 Å². The minimum Gasteiger partial charge on any atom is -0.365 e. The van der Waals surface area contributed by atoms with Crippen LogP contribution in [0, 0.1) is 5.92 Å². The molecule has 2 aliphatic rings. The maximum atomic E-state index is 13.0. The van der Waals surface area contributed by atoms with E-state index in [2.05, 4.69) is 15.3 Å². The Hall–Kier alpha value is -3.84. The van der Waals surface area contributed by atoms with Crippen molar-refractivity contribution in [2.24, 2.45) is 5.92 Å². The lowest BCUT2D eigenvalue weighted by molar-refractivity contribution is -0.144. The predicted molar refractivity (Wildman–Crippen MR) is 123 cm³/mol. The number of Topliss-reactive ketones (excluding diaryl/α,β-unsaturated/α-hetero) is 1. The molecule has 1 aliphatic carbocycles. The number of benzene rings is 2. The molecule has 6 rings (SSSR count). The van der Waals surface area contributed by atoms with E-state index in [0.717, 1.165) is 27.7 Å². The number of para-hydroxylation sites is 1. The Balaban J connectivity index is 1.16. The maximum absolute atomic E-state index is 13.0. The van der Waals surface area contributed by atoms with Crippen LogP contribution in [0.15, 0.2) is 73.3 Å². The largest absolute Gasteiger partial charge is 0.365 e. The zero-order valence-electron chi connectivity index (χ0n) is 17.9. The summed E-state index contributed by atoms with van der Waals surface area (Å²) in [5.41, 5.74) is 3.38. The summed E-state index contributed by atoms with van der Waals surface area (Å²) < 4.78 is 7.88. The highest BCUT2D eigenvalue weighted by molar-refractivity contribution is 6.07.